The van der Waals surface area contributed by atoms with E-state index in [0.29, 0.717) is 0 Å². The van der Waals surface area contributed by atoms with E-state index in [1.54, 1.807) is 0 Å². The van der Waals surface area contributed by atoms with Crippen molar-refractivity contribution >= 4 is 5.96 Å². The van der Waals surface area contributed by atoms with E-state index in [4.69, 9.17) is 9.47 Å². The van der Waals surface area contributed by atoms with Gasteiger partial charge in [-0.25, -0.2) is 0 Å². The number of hydrogen-bond acceptors (Lipinski definition) is 4. The number of hydrogen-bond donors (Lipinski definition) is 1. The van der Waals surface area contributed by atoms with Gasteiger partial charge in [0.2, 0.25) is 0 Å². The molecule has 0 bridgehead atoms. The summed E-state index contributed by atoms with van der Waals surface area (Å²) in [6, 6.07) is 6.59. The first-order chi connectivity index (χ1) is 13.3. The Kier molecular flexibility index (Phi) is 6.14. The van der Waals surface area contributed by atoms with Crippen LogP contribution in [-0.2, 0) is 17.6 Å². The van der Waals surface area contributed by atoms with E-state index < -0.39 is 0 Å². The molecule has 148 valence electrons. The van der Waals surface area contributed by atoms with Gasteiger partial charge in [-0.05, 0) is 36.0 Å². The molecule has 6 nitrogen and oxygen atoms in total. The summed E-state index contributed by atoms with van der Waals surface area (Å²) >= 11 is 0. The third kappa shape index (κ3) is 4.74. The third-order valence-corrected chi connectivity index (χ3v) is 5.87. The van der Waals surface area contributed by atoms with E-state index in [1.165, 1.54) is 24.1 Å². The number of guanidine groups is 1. The highest BCUT2D eigenvalue weighted by molar-refractivity contribution is 5.80. The van der Waals surface area contributed by atoms with Crippen molar-refractivity contribution in [2.24, 2.45) is 10.9 Å². The van der Waals surface area contributed by atoms with Crippen molar-refractivity contribution in [3.63, 3.8) is 0 Å². The molecule has 3 heterocycles. The summed E-state index contributed by atoms with van der Waals surface area (Å²) in [6.45, 7) is 9.06. The normalized spacial score (nSPS) is 23.4. The van der Waals surface area contributed by atoms with Crippen molar-refractivity contribution in [3.05, 3.63) is 29.3 Å². The summed E-state index contributed by atoms with van der Waals surface area (Å²) in [4.78, 5) is 9.48. The molecule has 2 fully saturated rings. The molecule has 1 aromatic rings. The van der Waals surface area contributed by atoms with Gasteiger partial charge in [0.15, 0.2) is 5.96 Å². The SMILES string of the molecule is CN=C(NCCc1ccc2c(c1)CCO2)N1CCC(CN2CCOCC2)C1. The fourth-order valence-electron chi connectivity index (χ4n) is 4.37. The lowest BCUT2D eigenvalue weighted by atomic mass is 10.1. The maximum Gasteiger partial charge on any atom is 0.193 e. The molecule has 1 N–H and O–H groups in total. The second kappa shape index (κ2) is 8.93. The van der Waals surface area contributed by atoms with Gasteiger partial charge in [0.25, 0.3) is 0 Å². The number of benzene rings is 1. The second-order valence-corrected chi connectivity index (χ2v) is 7.78. The molecule has 27 heavy (non-hydrogen) atoms. The van der Waals surface area contributed by atoms with Crippen LogP contribution in [0, 0.1) is 5.92 Å². The molecule has 1 aromatic carbocycles. The summed E-state index contributed by atoms with van der Waals surface area (Å²) in [5.41, 5.74) is 2.72. The van der Waals surface area contributed by atoms with Crippen LogP contribution in [0.5, 0.6) is 5.75 Å². The van der Waals surface area contributed by atoms with Gasteiger partial charge in [0, 0.05) is 52.7 Å². The molecule has 0 radical (unpaired) electrons. The third-order valence-electron chi connectivity index (χ3n) is 5.87. The molecular formula is C21H32N4O2. The van der Waals surface area contributed by atoms with Crippen LogP contribution in [0.1, 0.15) is 17.5 Å². The molecule has 3 aliphatic heterocycles. The highest BCUT2D eigenvalue weighted by Gasteiger charge is 2.27. The van der Waals surface area contributed by atoms with E-state index in [2.05, 4.69) is 38.3 Å². The summed E-state index contributed by atoms with van der Waals surface area (Å²) in [7, 11) is 1.89. The van der Waals surface area contributed by atoms with Crippen LogP contribution in [0.4, 0.5) is 0 Å². The van der Waals surface area contributed by atoms with Crippen LogP contribution in [0.15, 0.2) is 23.2 Å². The van der Waals surface area contributed by atoms with Gasteiger partial charge in [0.05, 0.1) is 19.8 Å². The van der Waals surface area contributed by atoms with Crippen LogP contribution >= 0.6 is 0 Å². The van der Waals surface area contributed by atoms with Crippen LogP contribution < -0.4 is 10.1 Å². The summed E-state index contributed by atoms with van der Waals surface area (Å²) in [5.74, 6) is 2.84. The van der Waals surface area contributed by atoms with Gasteiger partial charge < -0.3 is 19.7 Å². The quantitative estimate of drug-likeness (QED) is 0.625. The number of aliphatic imine (C=N–C) groups is 1. The minimum absolute atomic E-state index is 0.735. The highest BCUT2D eigenvalue weighted by atomic mass is 16.5. The Morgan fingerprint density at radius 1 is 1.22 bits per heavy atom. The lowest BCUT2D eigenvalue weighted by molar-refractivity contribution is 0.0315. The number of morpholine rings is 1. The molecule has 0 aromatic heterocycles. The zero-order chi connectivity index (χ0) is 18.5. The number of nitrogens with one attached hydrogen (secondary N) is 1. The fourth-order valence-corrected chi connectivity index (χ4v) is 4.37. The first kappa shape index (κ1) is 18.6. The maximum atomic E-state index is 5.59. The Morgan fingerprint density at radius 3 is 2.96 bits per heavy atom. The van der Waals surface area contributed by atoms with Gasteiger partial charge in [-0.15, -0.1) is 0 Å². The van der Waals surface area contributed by atoms with Gasteiger partial charge >= 0.3 is 0 Å². The molecule has 6 heteroatoms. The van der Waals surface area contributed by atoms with E-state index in [9.17, 15) is 0 Å². The minimum atomic E-state index is 0.735. The Bertz CT molecular complexity index is 658. The summed E-state index contributed by atoms with van der Waals surface area (Å²) < 4.78 is 11.1. The summed E-state index contributed by atoms with van der Waals surface area (Å²) in [6.07, 6.45) is 3.30. The number of fused-ring (bicyclic) bond motifs is 1. The molecule has 0 amide bonds. The Morgan fingerprint density at radius 2 is 2.11 bits per heavy atom. The molecule has 0 spiro atoms. The largest absolute Gasteiger partial charge is 0.493 e. The van der Waals surface area contributed by atoms with Gasteiger partial charge in [-0.2, -0.15) is 0 Å². The topological polar surface area (TPSA) is 49.3 Å². The van der Waals surface area contributed by atoms with E-state index >= 15 is 0 Å². The lowest BCUT2D eigenvalue weighted by Crippen LogP contribution is -2.42. The van der Waals surface area contributed by atoms with Gasteiger partial charge in [-0.3, -0.25) is 9.89 Å². The minimum Gasteiger partial charge on any atom is -0.493 e. The lowest BCUT2D eigenvalue weighted by Gasteiger charge is -2.29. The van der Waals surface area contributed by atoms with Crippen molar-refractivity contribution in [1.82, 2.24) is 15.1 Å². The maximum absolute atomic E-state index is 5.59. The molecule has 4 rings (SSSR count). The van der Waals surface area contributed by atoms with E-state index in [-0.39, 0.29) is 0 Å². The van der Waals surface area contributed by atoms with E-state index in [0.717, 1.165) is 83.0 Å². The van der Waals surface area contributed by atoms with Crippen molar-refractivity contribution in [2.45, 2.75) is 19.3 Å². The number of nitrogens with zero attached hydrogens (tertiary/aromatic N) is 3. The van der Waals surface area contributed by atoms with Crippen molar-refractivity contribution in [3.8, 4) is 5.75 Å². The predicted molar refractivity (Wildman–Crippen MR) is 108 cm³/mol. The smallest absolute Gasteiger partial charge is 0.193 e. The average molecular weight is 373 g/mol. The van der Waals surface area contributed by atoms with Crippen LogP contribution in [0.2, 0.25) is 0 Å². The number of likely N-dealkylation sites (tertiary alicyclic amines) is 1. The average Bonchev–Trinajstić information content (AvgIpc) is 3.35. The second-order valence-electron chi connectivity index (χ2n) is 7.78. The van der Waals surface area contributed by atoms with Gasteiger partial charge in [-0.1, -0.05) is 12.1 Å². The molecule has 3 aliphatic rings. The zero-order valence-electron chi connectivity index (χ0n) is 16.5. The number of ether oxygens (including phenoxy) is 2. The fraction of sp³-hybridized carbons (Fsp3) is 0.667. The van der Waals surface area contributed by atoms with Crippen LogP contribution in [0.3, 0.4) is 0 Å². The Labute approximate surface area is 162 Å². The van der Waals surface area contributed by atoms with Crippen molar-refractivity contribution < 1.29 is 9.47 Å². The zero-order valence-corrected chi connectivity index (χ0v) is 16.5. The number of rotatable bonds is 5. The molecule has 1 atom stereocenters. The molecule has 0 saturated carbocycles. The predicted octanol–water partition coefficient (Wildman–Crippen LogP) is 1.39. The molecule has 0 aliphatic carbocycles. The Balaban J connectivity index is 1.22. The highest BCUT2D eigenvalue weighted by Crippen LogP contribution is 2.26. The van der Waals surface area contributed by atoms with Crippen molar-refractivity contribution in [1.29, 1.82) is 0 Å². The molecular weight excluding hydrogens is 340 g/mol. The van der Waals surface area contributed by atoms with E-state index in [1.807, 2.05) is 7.05 Å². The molecule has 1 unspecified atom stereocenters. The Hall–Kier alpha value is -1.79. The van der Waals surface area contributed by atoms with Crippen LogP contribution in [-0.4, -0.2) is 81.9 Å². The monoisotopic (exact) mass is 372 g/mol. The van der Waals surface area contributed by atoms with Crippen molar-refractivity contribution in [2.75, 3.05) is 66.1 Å². The first-order valence-electron chi connectivity index (χ1n) is 10.3. The van der Waals surface area contributed by atoms with Gasteiger partial charge in [0.1, 0.15) is 5.75 Å². The summed E-state index contributed by atoms with van der Waals surface area (Å²) in [5, 5.41) is 3.56. The standard InChI is InChI=1S/C21H32N4O2/c1-22-21(23-7-4-17-2-3-20-19(14-17)6-11-27-20)25-8-5-18(16-25)15-24-9-12-26-13-10-24/h2-3,14,18H,4-13,15-16H2,1H3,(H,22,23). The first-order valence-corrected chi connectivity index (χ1v) is 10.3. The van der Waals surface area contributed by atoms with Crippen LogP contribution in [0.25, 0.3) is 0 Å². The molecule has 2 saturated heterocycles.